The highest BCUT2D eigenvalue weighted by Gasteiger charge is 2.24. The summed E-state index contributed by atoms with van der Waals surface area (Å²) in [4.78, 5) is 11.5. The molecule has 0 aliphatic heterocycles. The van der Waals surface area contributed by atoms with E-state index in [2.05, 4.69) is 47.6 Å². The van der Waals surface area contributed by atoms with Gasteiger partial charge >= 0.3 is 6.16 Å². The van der Waals surface area contributed by atoms with Gasteiger partial charge in [0.2, 0.25) is 0 Å². The first-order valence-corrected chi connectivity index (χ1v) is 7.05. The smallest absolute Gasteiger partial charge is 0.434 e. The molecule has 0 aliphatic carbocycles. The van der Waals surface area contributed by atoms with E-state index >= 15 is 0 Å². The second-order valence-electron chi connectivity index (χ2n) is 7.00. The van der Waals surface area contributed by atoms with Gasteiger partial charge in [0.25, 0.3) is 0 Å². The van der Waals surface area contributed by atoms with E-state index in [1.54, 1.807) is 6.92 Å². The van der Waals surface area contributed by atoms with Crippen LogP contribution in [-0.2, 0) is 15.6 Å². The van der Waals surface area contributed by atoms with Crippen molar-refractivity contribution in [1.82, 2.24) is 0 Å². The van der Waals surface area contributed by atoms with Gasteiger partial charge in [0.1, 0.15) is 5.75 Å². The van der Waals surface area contributed by atoms with Gasteiger partial charge < -0.3 is 9.47 Å². The van der Waals surface area contributed by atoms with Gasteiger partial charge in [-0.25, -0.2) is 4.79 Å². The van der Waals surface area contributed by atoms with E-state index in [1.807, 2.05) is 12.1 Å². The Kier molecular flexibility index (Phi) is 4.85. The number of carbonyl (C=O) groups excluding carboxylic acids is 1. The fourth-order valence-corrected chi connectivity index (χ4v) is 1.91. The van der Waals surface area contributed by atoms with Gasteiger partial charge in [-0.2, -0.15) is 0 Å². The molecule has 0 amide bonds. The van der Waals surface area contributed by atoms with Crippen LogP contribution in [0.15, 0.2) is 18.2 Å². The molecule has 0 atom stereocenters. The molecular formula is C17H26O3. The Morgan fingerprint density at radius 3 is 2.10 bits per heavy atom. The van der Waals surface area contributed by atoms with E-state index in [-0.39, 0.29) is 10.8 Å². The lowest BCUT2D eigenvalue weighted by Gasteiger charge is -2.26. The summed E-state index contributed by atoms with van der Waals surface area (Å²) in [5.41, 5.74) is 2.18. The van der Waals surface area contributed by atoms with Crippen molar-refractivity contribution in [3.05, 3.63) is 29.3 Å². The molecule has 0 N–H and O–H groups in total. The molecule has 112 valence electrons. The average Bonchev–Trinajstić information content (AvgIpc) is 2.26. The number of benzene rings is 1. The van der Waals surface area contributed by atoms with Crippen molar-refractivity contribution >= 4 is 6.16 Å². The van der Waals surface area contributed by atoms with Crippen molar-refractivity contribution in [1.29, 1.82) is 0 Å². The molecule has 1 aromatic carbocycles. The molecule has 1 rings (SSSR count). The van der Waals surface area contributed by atoms with Crippen LogP contribution in [0.1, 0.15) is 59.6 Å². The molecule has 0 fully saturated rings. The van der Waals surface area contributed by atoms with Gasteiger partial charge in [-0.3, -0.25) is 0 Å². The lowest BCUT2D eigenvalue weighted by molar-refractivity contribution is 0.103. The third-order valence-electron chi connectivity index (χ3n) is 3.11. The largest absolute Gasteiger partial charge is 0.513 e. The normalized spacial score (nSPS) is 12.2. The summed E-state index contributed by atoms with van der Waals surface area (Å²) in [6.07, 6.45) is -0.651. The summed E-state index contributed by atoms with van der Waals surface area (Å²) in [5, 5.41) is 0. The van der Waals surface area contributed by atoms with E-state index in [4.69, 9.17) is 9.47 Å². The molecule has 3 nitrogen and oxygen atoms in total. The van der Waals surface area contributed by atoms with E-state index in [9.17, 15) is 4.79 Å². The van der Waals surface area contributed by atoms with Gasteiger partial charge in [-0.1, -0.05) is 53.7 Å². The summed E-state index contributed by atoms with van der Waals surface area (Å²) < 4.78 is 10.2. The first-order chi connectivity index (χ1) is 9.05. The van der Waals surface area contributed by atoms with Crippen molar-refractivity contribution in [3.8, 4) is 5.75 Å². The van der Waals surface area contributed by atoms with Crippen LogP contribution in [0.5, 0.6) is 5.75 Å². The predicted molar refractivity (Wildman–Crippen MR) is 81.5 cm³/mol. The van der Waals surface area contributed by atoms with Crippen LogP contribution in [0.2, 0.25) is 0 Å². The Morgan fingerprint density at radius 2 is 1.65 bits per heavy atom. The molecule has 0 saturated carbocycles. The third-order valence-corrected chi connectivity index (χ3v) is 3.11. The van der Waals surface area contributed by atoms with Crippen LogP contribution in [-0.4, -0.2) is 12.8 Å². The SMILES string of the molecule is CCOC(=O)Oc1ccc(C(C)(C)C)cc1C(C)(C)C. The van der Waals surface area contributed by atoms with Gasteiger partial charge in [0, 0.05) is 5.56 Å². The molecular weight excluding hydrogens is 252 g/mol. The Morgan fingerprint density at radius 1 is 1.05 bits per heavy atom. The fourth-order valence-electron chi connectivity index (χ4n) is 1.91. The van der Waals surface area contributed by atoms with E-state index in [0.29, 0.717) is 12.4 Å². The quantitative estimate of drug-likeness (QED) is 0.575. The first-order valence-electron chi connectivity index (χ1n) is 7.05. The van der Waals surface area contributed by atoms with Gasteiger partial charge in [-0.05, 0) is 29.4 Å². The summed E-state index contributed by atoms with van der Waals surface area (Å²) >= 11 is 0. The molecule has 1 aromatic rings. The molecule has 0 radical (unpaired) electrons. The molecule has 0 aromatic heterocycles. The molecule has 3 heteroatoms. The second kappa shape index (κ2) is 5.86. The van der Waals surface area contributed by atoms with Gasteiger partial charge in [0.15, 0.2) is 0 Å². The molecule has 0 spiro atoms. The minimum absolute atomic E-state index is 0.0580. The maximum Gasteiger partial charge on any atom is 0.513 e. The standard InChI is InChI=1S/C17H26O3/c1-8-19-15(18)20-14-10-9-12(16(2,3)4)11-13(14)17(5,6)7/h9-11H,8H2,1-7H3. The number of hydrogen-bond acceptors (Lipinski definition) is 3. The minimum Gasteiger partial charge on any atom is -0.434 e. The summed E-state index contributed by atoms with van der Waals surface area (Å²) in [7, 11) is 0. The summed E-state index contributed by atoms with van der Waals surface area (Å²) in [5.74, 6) is 0.573. The van der Waals surface area contributed by atoms with E-state index < -0.39 is 6.16 Å². The second-order valence-corrected chi connectivity index (χ2v) is 7.00. The van der Waals surface area contributed by atoms with Crippen molar-refractivity contribution in [3.63, 3.8) is 0 Å². The van der Waals surface area contributed by atoms with Crippen molar-refractivity contribution in [2.75, 3.05) is 6.61 Å². The number of hydrogen-bond donors (Lipinski definition) is 0. The van der Waals surface area contributed by atoms with Crippen molar-refractivity contribution in [2.45, 2.75) is 59.3 Å². The Hall–Kier alpha value is -1.51. The monoisotopic (exact) mass is 278 g/mol. The number of ether oxygens (including phenoxy) is 2. The molecule has 0 unspecified atom stereocenters. The van der Waals surface area contributed by atoms with Crippen LogP contribution >= 0.6 is 0 Å². The highest BCUT2D eigenvalue weighted by atomic mass is 16.7. The third kappa shape index (κ3) is 4.26. The lowest BCUT2D eigenvalue weighted by atomic mass is 9.80. The minimum atomic E-state index is -0.651. The van der Waals surface area contributed by atoms with Crippen LogP contribution in [0.25, 0.3) is 0 Å². The molecule has 0 saturated heterocycles. The fraction of sp³-hybridized carbons (Fsp3) is 0.588. The maximum absolute atomic E-state index is 11.5. The predicted octanol–water partition coefficient (Wildman–Crippen LogP) is 4.82. The van der Waals surface area contributed by atoms with Crippen LogP contribution in [0, 0.1) is 0 Å². The highest BCUT2D eigenvalue weighted by Crippen LogP contribution is 2.35. The van der Waals surface area contributed by atoms with Crippen LogP contribution in [0.4, 0.5) is 4.79 Å². The molecule has 0 aliphatic rings. The topological polar surface area (TPSA) is 35.5 Å². The number of rotatable bonds is 2. The van der Waals surface area contributed by atoms with E-state index in [1.165, 1.54) is 5.56 Å². The first kappa shape index (κ1) is 16.5. The maximum atomic E-state index is 11.5. The Balaban J connectivity index is 3.21. The Bertz CT molecular complexity index is 476. The van der Waals surface area contributed by atoms with Gasteiger partial charge in [0.05, 0.1) is 6.61 Å². The van der Waals surface area contributed by atoms with Crippen LogP contribution in [0.3, 0.4) is 0 Å². The van der Waals surface area contributed by atoms with Crippen LogP contribution < -0.4 is 4.74 Å². The average molecular weight is 278 g/mol. The zero-order valence-corrected chi connectivity index (χ0v) is 13.7. The van der Waals surface area contributed by atoms with Gasteiger partial charge in [-0.15, -0.1) is 0 Å². The summed E-state index contributed by atoms with van der Waals surface area (Å²) in [6.45, 7) is 14.9. The highest BCUT2D eigenvalue weighted by molar-refractivity contribution is 5.65. The zero-order valence-electron chi connectivity index (χ0n) is 13.7. The molecule has 20 heavy (non-hydrogen) atoms. The molecule has 0 heterocycles. The lowest BCUT2D eigenvalue weighted by Crippen LogP contribution is -2.19. The zero-order chi connectivity index (χ0) is 15.6. The number of carbonyl (C=O) groups is 1. The Labute approximate surface area is 122 Å². The van der Waals surface area contributed by atoms with Crippen molar-refractivity contribution in [2.24, 2.45) is 0 Å². The van der Waals surface area contributed by atoms with Crippen molar-refractivity contribution < 1.29 is 14.3 Å². The van der Waals surface area contributed by atoms with E-state index in [0.717, 1.165) is 5.56 Å². The summed E-state index contributed by atoms with van der Waals surface area (Å²) in [6, 6.07) is 5.98. The molecule has 0 bridgehead atoms.